The average Bonchev–Trinajstić information content (AvgIpc) is 3.41. The molecule has 11 nitrogen and oxygen atoms in total. The highest BCUT2D eigenvalue weighted by Gasteiger charge is 2.21. The average molecular weight is 604 g/mol. The Bertz CT molecular complexity index is 2080. The lowest BCUT2D eigenvalue weighted by Gasteiger charge is -2.26. The number of phenolic OH excluding ortho intramolecular Hbond substituents is 1. The molecule has 0 aliphatic carbocycles. The molecule has 4 heterocycles. The monoisotopic (exact) mass is 603 g/mol. The van der Waals surface area contributed by atoms with E-state index in [-0.39, 0.29) is 23.7 Å². The zero-order valence-corrected chi connectivity index (χ0v) is 24.9. The summed E-state index contributed by atoms with van der Waals surface area (Å²) < 4.78 is 15.2. The molecular weight excluding hydrogens is 570 g/mol. The van der Waals surface area contributed by atoms with Crippen LogP contribution in [-0.2, 0) is 11.3 Å². The predicted molar refractivity (Wildman–Crippen MR) is 173 cm³/mol. The number of aromatic nitrogens is 5. The number of hydrogen-bond donors (Lipinski definition) is 2. The molecule has 0 amide bonds. The summed E-state index contributed by atoms with van der Waals surface area (Å²) in [7, 11) is 0. The molecule has 3 aromatic carbocycles. The highest BCUT2D eigenvalue weighted by atomic mass is 16.5. The highest BCUT2D eigenvalue weighted by molar-refractivity contribution is 5.98. The van der Waals surface area contributed by atoms with Crippen LogP contribution in [-0.4, -0.2) is 73.8 Å². The van der Waals surface area contributed by atoms with Crippen LogP contribution >= 0.6 is 0 Å². The van der Waals surface area contributed by atoms with Crippen LogP contribution in [0.1, 0.15) is 11.3 Å². The number of phenols is 1. The van der Waals surface area contributed by atoms with Crippen molar-refractivity contribution in [1.82, 2.24) is 29.2 Å². The van der Waals surface area contributed by atoms with Crippen LogP contribution in [0.5, 0.6) is 11.5 Å². The fraction of sp³-hybridized carbons (Fsp3) is 0.235. The Kier molecular flexibility index (Phi) is 7.62. The van der Waals surface area contributed by atoms with Gasteiger partial charge in [0.25, 0.3) is 5.56 Å². The first-order valence-electron chi connectivity index (χ1n) is 14.9. The number of aryl methyl sites for hydroxylation is 1. The maximum atomic E-state index is 14.4. The molecule has 6 aromatic rings. The molecule has 228 valence electrons. The van der Waals surface area contributed by atoms with E-state index in [0.717, 1.165) is 43.8 Å². The highest BCUT2D eigenvalue weighted by Crippen LogP contribution is 2.33. The van der Waals surface area contributed by atoms with Crippen LogP contribution < -0.4 is 16.0 Å². The maximum absolute atomic E-state index is 14.4. The van der Waals surface area contributed by atoms with Gasteiger partial charge in [0.15, 0.2) is 5.65 Å². The van der Waals surface area contributed by atoms with E-state index in [1.807, 2.05) is 61.5 Å². The number of pyridine rings is 1. The lowest BCUT2D eigenvalue weighted by Crippen LogP contribution is -2.38. The molecule has 0 unspecified atom stereocenters. The van der Waals surface area contributed by atoms with Crippen molar-refractivity contribution in [2.45, 2.75) is 13.5 Å². The van der Waals surface area contributed by atoms with E-state index < -0.39 is 0 Å². The predicted octanol–water partition coefficient (Wildman–Crippen LogP) is 4.15. The molecule has 11 heteroatoms. The van der Waals surface area contributed by atoms with Crippen molar-refractivity contribution in [3.8, 4) is 28.4 Å². The summed E-state index contributed by atoms with van der Waals surface area (Å²) in [6, 6.07) is 22.3. The number of nitrogen functional groups attached to an aromatic ring is 1. The lowest BCUT2D eigenvalue weighted by atomic mass is 10.1. The Balaban J connectivity index is 1.36. The fourth-order valence-corrected chi connectivity index (χ4v) is 5.99. The van der Waals surface area contributed by atoms with E-state index in [1.54, 1.807) is 27.4 Å². The summed E-state index contributed by atoms with van der Waals surface area (Å²) in [6.45, 7) is 6.56. The number of hydrogen-bond acceptors (Lipinski definition) is 9. The van der Waals surface area contributed by atoms with Gasteiger partial charge < -0.3 is 20.3 Å². The van der Waals surface area contributed by atoms with Crippen LogP contribution in [0.3, 0.4) is 0 Å². The maximum Gasteiger partial charge on any atom is 0.263 e. The number of fused-ring (bicyclic) bond motifs is 2. The quantitative estimate of drug-likeness (QED) is 0.263. The van der Waals surface area contributed by atoms with Gasteiger partial charge in [-0.05, 0) is 48.2 Å². The van der Waals surface area contributed by atoms with E-state index in [9.17, 15) is 9.90 Å². The third-order valence-electron chi connectivity index (χ3n) is 8.20. The van der Waals surface area contributed by atoms with Crippen molar-refractivity contribution in [3.05, 3.63) is 101 Å². The Hall–Kier alpha value is -5.26. The van der Waals surface area contributed by atoms with Gasteiger partial charge in [-0.3, -0.25) is 14.3 Å². The molecule has 1 saturated heterocycles. The molecule has 1 aliphatic rings. The van der Waals surface area contributed by atoms with Crippen LogP contribution in [0, 0.1) is 6.92 Å². The van der Waals surface area contributed by atoms with Gasteiger partial charge in [0, 0.05) is 30.9 Å². The summed E-state index contributed by atoms with van der Waals surface area (Å²) >= 11 is 0. The Morgan fingerprint density at radius 3 is 2.64 bits per heavy atom. The van der Waals surface area contributed by atoms with Gasteiger partial charge in [-0.2, -0.15) is 5.10 Å². The zero-order chi connectivity index (χ0) is 30.9. The van der Waals surface area contributed by atoms with E-state index in [1.165, 1.54) is 6.33 Å². The Morgan fingerprint density at radius 1 is 0.978 bits per heavy atom. The van der Waals surface area contributed by atoms with Gasteiger partial charge in [0.2, 0.25) is 0 Å². The number of benzene rings is 3. The minimum absolute atomic E-state index is 0.106. The van der Waals surface area contributed by atoms with Crippen LogP contribution in [0.4, 0.5) is 5.82 Å². The van der Waals surface area contributed by atoms with E-state index in [4.69, 9.17) is 20.3 Å². The second-order valence-corrected chi connectivity index (χ2v) is 11.1. The number of aromatic hydroxyl groups is 1. The van der Waals surface area contributed by atoms with Gasteiger partial charge in [-0.25, -0.2) is 14.6 Å². The van der Waals surface area contributed by atoms with Crippen molar-refractivity contribution >= 4 is 27.6 Å². The third kappa shape index (κ3) is 5.47. The summed E-state index contributed by atoms with van der Waals surface area (Å²) in [6.07, 6.45) is 1.40. The molecule has 45 heavy (non-hydrogen) atoms. The van der Waals surface area contributed by atoms with Gasteiger partial charge in [-0.15, -0.1) is 0 Å². The standard InChI is InChI=1S/C34H33N7O4/c1-22-6-4-7-23-18-25(20-40-33-30(32(35)36-21-37-33)31(38-40)24-8-5-9-26(42)19-24)41(34(43)29(22)23)27-10-2-3-11-28(27)45-17-14-39-12-15-44-16-13-39/h2-11,18-19,21,42H,12-17,20H2,1H3,(H2,35,36,37). The number of para-hydroxylation sites is 2. The number of morpholine rings is 1. The third-order valence-corrected chi connectivity index (χ3v) is 8.20. The van der Waals surface area contributed by atoms with Crippen LogP contribution in [0.2, 0.25) is 0 Å². The molecule has 1 fully saturated rings. The summed E-state index contributed by atoms with van der Waals surface area (Å²) in [4.78, 5) is 25.4. The first-order chi connectivity index (χ1) is 22.0. The van der Waals surface area contributed by atoms with Crippen LogP contribution in [0.25, 0.3) is 38.8 Å². The molecule has 7 rings (SSSR count). The first-order valence-corrected chi connectivity index (χ1v) is 14.9. The van der Waals surface area contributed by atoms with Crippen molar-refractivity contribution in [3.63, 3.8) is 0 Å². The smallest absolute Gasteiger partial charge is 0.263 e. The molecule has 0 spiro atoms. The molecule has 0 bridgehead atoms. The van der Waals surface area contributed by atoms with Crippen LogP contribution in [0.15, 0.2) is 83.9 Å². The number of rotatable bonds is 8. The Labute approximate surface area is 259 Å². The number of anilines is 1. The van der Waals surface area contributed by atoms with Crippen molar-refractivity contribution in [1.29, 1.82) is 0 Å². The summed E-state index contributed by atoms with van der Waals surface area (Å²) in [5.41, 5.74) is 10.1. The molecule has 1 aliphatic heterocycles. The molecular formula is C34H33N7O4. The second-order valence-electron chi connectivity index (χ2n) is 11.1. The van der Waals surface area contributed by atoms with E-state index >= 15 is 0 Å². The van der Waals surface area contributed by atoms with Gasteiger partial charge in [0.1, 0.15) is 35.9 Å². The molecule has 3 N–H and O–H groups in total. The SMILES string of the molecule is Cc1cccc2cc(Cn3nc(-c4cccc(O)c4)c4c(N)ncnc43)n(-c3ccccc3OCCN3CCOCC3)c(=O)c12. The molecule has 0 saturated carbocycles. The summed E-state index contributed by atoms with van der Waals surface area (Å²) in [5, 5.41) is 17.1. The fourth-order valence-electron chi connectivity index (χ4n) is 5.99. The normalized spacial score (nSPS) is 13.9. The molecule has 0 atom stereocenters. The largest absolute Gasteiger partial charge is 0.508 e. The van der Waals surface area contributed by atoms with Crippen molar-refractivity contribution in [2.24, 2.45) is 0 Å². The van der Waals surface area contributed by atoms with Gasteiger partial charge >= 0.3 is 0 Å². The minimum Gasteiger partial charge on any atom is -0.508 e. The number of nitrogens with zero attached hydrogens (tertiary/aromatic N) is 6. The topological polar surface area (TPSA) is 134 Å². The first kappa shape index (κ1) is 28.5. The lowest BCUT2D eigenvalue weighted by molar-refractivity contribution is 0.0322. The molecule has 3 aromatic heterocycles. The number of nitrogens with two attached hydrogens (primary N) is 1. The van der Waals surface area contributed by atoms with E-state index in [2.05, 4.69) is 14.9 Å². The minimum atomic E-state index is -0.149. The van der Waals surface area contributed by atoms with Crippen molar-refractivity contribution < 1.29 is 14.6 Å². The number of ether oxygens (including phenoxy) is 2. The summed E-state index contributed by atoms with van der Waals surface area (Å²) in [5.74, 6) is 0.990. The zero-order valence-electron chi connectivity index (χ0n) is 24.9. The second kappa shape index (κ2) is 12.0. The van der Waals surface area contributed by atoms with Gasteiger partial charge in [0.05, 0.1) is 36.2 Å². The molecule has 0 radical (unpaired) electrons. The van der Waals surface area contributed by atoms with Crippen molar-refractivity contribution in [2.75, 3.05) is 45.2 Å². The Morgan fingerprint density at radius 2 is 1.80 bits per heavy atom. The van der Waals surface area contributed by atoms with E-state index in [0.29, 0.717) is 51.4 Å². The van der Waals surface area contributed by atoms with Gasteiger partial charge in [-0.1, -0.05) is 42.5 Å².